The summed E-state index contributed by atoms with van der Waals surface area (Å²) in [5, 5.41) is 10.5. The lowest BCUT2D eigenvalue weighted by Gasteiger charge is -2.27. The normalized spacial score (nSPS) is 17.0. The van der Waals surface area contributed by atoms with Gasteiger partial charge in [-0.15, -0.1) is 0 Å². The van der Waals surface area contributed by atoms with Gasteiger partial charge < -0.3 is 10.0 Å². The fourth-order valence-corrected chi connectivity index (χ4v) is 3.20. The molecule has 1 unspecified atom stereocenters. The fourth-order valence-electron chi connectivity index (χ4n) is 3.20. The Kier molecular flexibility index (Phi) is 4.99. The highest BCUT2D eigenvalue weighted by Crippen LogP contribution is 2.41. The molecule has 0 saturated heterocycles. The van der Waals surface area contributed by atoms with E-state index in [1.807, 2.05) is 43.3 Å². The highest BCUT2D eigenvalue weighted by molar-refractivity contribution is 6.16. The van der Waals surface area contributed by atoms with E-state index in [1.54, 1.807) is 38.4 Å². The summed E-state index contributed by atoms with van der Waals surface area (Å²) in [5.74, 6) is -1.66. The van der Waals surface area contributed by atoms with Crippen molar-refractivity contribution in [3.63, 3.8) is 0 Å². The Balaban J connectivity index is 2.12. The molecule has 1 aromatic heterocycles. The summed E-state index contributed by atoms with van der Waals surface area (Å²) in [6.45, 7) is 3.50. The number of aliphatic hydroxyl groups is 1. The molecule has 0 saturated carbocycles. The molecule has 6 nitrogen and oxygen atoms in total. The summed E-state index contributed by atoms with van der Waals surface area (Å²) >= 11 is 0. The van der Waals surface area contributed by atoms with E-state index in [0.29, 0.717) is 11.3 Å². The maximum Gasteiger partial charge on any atom is 0.294 e. The van der Waals surface area contributed by atoms with Crippen LogP contribution < -0.4 is 9.80 Å². The number of ketones is 1. The van der Waals surface area contributed by atoms with Crippen molar-refractivity contribution in [3.8, 4) is 0 Å². The number of Topliss-reactive ketones (excluding diaryl/α,β-unsaturated/α-hetero) is 1. The molecule has 0 spiro atoms. The predicted molar refractivity (Wildman–Crippen MR) is 105 cm³/mol. The molecule has 1 atom stereocenters. The number of hydrogen-bond donors (Lipinski definition) is 1. The van der Waals surface area contributed by atoms with Crippen LogP contribution in [0.4, 0.5) is 11.4 Å². The van der Waals surface area contributed by atoms with Crippen molar-refractivity contribution in [3.05, 3.63) is 65.7 Å². The third-order valence-corrected chi connectivity index (χ3v) is 4.64. The van der Waals surface area contributed by atoms with E-state index in [1.165, 1.54) is 4.90 Å². The van der Waals surface area contributed by atoms with Gasteiger partial charge in [-0.05, 0) is 35.9 Å². The van der Waals surface area contributed by atoms with Crippen molar-refractivity contribution >= 4 is 23.1 Å². The Morgan fingerprint density at radius 3 is 2.37 bits per heavy atom. The van der Waals surface area contributed by atoms with E-state index in [4.69, 9.17) is 0 Å². The highest BCUT2D eigenvalue weighted by atomic mass is 16.3. The van der Waals surface area contributed by atoms with E-state index in [2.05, 4.69) is 4.98 Å². The number of anilines is 2. The Morgan fingerprint density at radius 1 is 1.19 bits per heavy atom. The van der Waals surface area contributed by atoms with Gasteiger partial charge in [0.25, 0.3) is 5.91 Å². The standard InChI is InChI=1S/C21H23N3O3/c1-13(2)19(25)17-18(14-6-5-11-22-12-14)24(21(27)20(17)26)16-9-7-15(8-10-16)23(3)4/h5-13,18,26H,1-4H3. The second kappa shape index (κ2) is 7.23. The molecular formula is C21H23N3O3. The molecule has 1 aliphatic heterocycles. The molecule has 2 heterocycles. The first-order chi connectivity index (χ1) is 12.8. The quantitative estimate of drug-likeness (QED) is 0.880. The Bertz CT molecular complexity index is 887. The number of rotatable bonds is 5. The second-order valence-electron chi connectivity index (χ2n) is 7.06. The monoisotopic (exact) mass is 365 g/mol. The number of nitrogens with zero attached hydrogens (tertiary/aromatic N) is 3. The zero-order chi connectivity index (χ0) is 19.7. The molecule has 1 N–H and O–H groups in total. The van der Waals surface area contributed by atoms with Crippen LogP contribution in [0.15, 0.2) is 60.1 Å². The van der Waals surface area contributed by atoms with Gasteiger partial charge in [-0.2, -0.15) is 0 Å². The molecule has 6 heteroatoms. The van der Waals surface area contributed by atoms with Gasteiger partial charge in [-0.25, -0.2) is 0 Å². The molecular weight excluding hydrogens is 342 g/mol. The van der Waals surface area contributed by atoms with Crippen LogP contribution in [-0.4, -0.2) is 35.9 Å². The van der Waals surface area contributed by atoms with Gasteiger partial charge in [0.05, 0.1) is 11.6 Å². The van der Waals surface area contributed by atoms with Crippen molar-refractivity contribution in [2.45, 2.75) is 19.9 Å². The summed E-state index contributed by atoms with van der Waals surface area (Å²) in [7, 11) is 3.86. The topological polar surface area (TPSA) is 73.7 Å². The van der Waals surface area contributed by atoms with Gasteiger partial charge in [0, 0.05) is 43.8 Å². The minimum Gasteiger partial charge on any atom is -0.503 e. The molecule has 140 valence electrons. The summed E-state index contributed by atoms with van der Waals surface area (Å²) in [6, 6.07) is 10.3. The van der Waals surface area contributed by atoms with E-state index in [-0.39, 0.29) is 17.3 Å². The van der Waals surface area contributed by atoms with Crippen molar-refractivity contribution in [1.82, 2.24) is 4.98 Å². The van der Waals surface area contributed by atoms with Gasteiger partial charge in [0.1, 0.15) is 0 Å². The Morgan fingerprint density at radius 2 is 1.85 bits per heavy atom. The Labute approximate surface area is 158 Å². The average Bonchev–Trinajstić information content (AvgIpc) is 2.93. The number of aromatic nitrogens is 1. The number of pyridine rings is 1. The molecule has 1 amide bonds. The number of hydrogen-bond acceptors (Lipinski definition) is 5. The molecule has 1 aromatic carbocycles. The molecule has 0 bridgehead atoms. The zero-order valence-electron chi connectivity index (χ0n) is 15.9. The summed E-state index contributed by atoms with van der Waals surface area (Å²) in [4.78, 5) is 33.2. The lowest BCUT2D eigenvalue weighted by Crippen LogP contribution is -2.31. The van der Waals surface area contributed by atoms with Gasteiger partial charge >= 0.3 is 0 Å². The number of carbonyl (C=O) groups excluding carboxylic acids is 2. The van der Waals surface area contributed by atoms with Crippen LogP contribution >= 0.6 is 0 Å². The zero-order valence-corrected chi connectivity index (χ0v) is 15.9. The van der Waals surface area contributed by atoms with E-state index < -0.39 is 17.7 Å². The van der Waals surface area contributed by atoms with Crippen molar-refractivity contribution in [1.29, 1.82) is 0 Å². The molecule has 2 aromatic rings. The minimum absolute atomic E-state index is 0.125. The average molecular weight is 365 g/mol. The van der Waals surface area contributed by atoms with Gasteiger partial charge in [-0.1, -0.05) is 19.9 Å². The van der Waals surface area contributed by atoms with Gasteiger partial charge in [-0.3, -0.25) is 19.5 Å². The second-order valence-corrected chi connectivity index (χ2v) is 7.06. The first kappa shape index (κ1) is 18.6. The van der Waals surface area contributed by atoms with Crippen LogP contribution in [0.25, 0.3) is 0 Å². The van der Waals surface area contributed by atoms with Gasteiger partial charge in [0.2, 0.25) is 0 Å². The number of aliphatic hydroxyl groups excluding tert-OH is 1. The predicted octanol–water partition coefficient (Wildman–Crippen LogP) is 3.27. The van der Waals surface area contributed by atoms with Crippen LogP contribution in [-0.2, 0) is 9.59 Å². The fraction of sp³-hybridized carbons (Fsp3) is 0.286. The molecule has 0 aliphatic carbocycles. The van der Waals surface area contributed by atoms with E-state index in [0.717, 1.165) is 5.69 Å². The maximum atomic E-state index is 12.9. The van der Waals surface area contributed by atoms with Crippen LogP contribution in [0, 0.1) is 5.92 Å². The number of benzene rings is 1. The molecule has 0 radical (unpaired) electrons. The van der Waals surface area contributed by atoms with Crippen LogP contribution in [0.1, 0.15) is 25.5 Å². The van der Waals surface area contributed by atoms with Crippen LogP contribution in [0.2, 0.25) is 0 Å². The molecule has 3 rings (SSSR count). The van der Waals surface area contributed by atoms with E-state index >= 15 is 0 Å². The van der Waals surface area contributed by atoms with Crippen molar-refractivity contribution in [2.75, 3.05) is 23.9 Å². The molecule has 1 aliphatic rings. The summed E-state index contributed by atoms with van der Waals surface area (Å²) < 4.78 is 0. The lowest BCUT2D eigenvalue weighted by molar-refractivity contribution is -0.119. The van der Waals surface area contributed by atoms with Crippen LogP contribution in [0.3, 0.4) is 0 Å². The van der Waals surface area contributed by atoms with Gasteiger partial charge in [0.15, 0.2) is 11.5 Å². The van der Waals surface area contributed by atoms with Crippen LogP contribution in [0.5, 0.6) is 0 Å². The first-order valence-electron chi connectivity index (χ1n) is 8.81. The summed E-state index contributed by atoms with van der Waals surface area (Å²) in [6.07, 6.45) is 3.25. The van der Waals surface area contributed by atoms with E-state index in [9.17, 15) is 14.7 Å². The first-order valence-corrected chi connectivity index (χ1v) is 8.81. The third kappa shape index (κ3) is 3.30. The number of carbonyl (C=O) groups is 2. The SMILES string of the molecule is CC(C)C(=O)C1=C(O)C(=O)N(c2ccc(N(C)C)cc2)C1c1cccnc1. The summed E-state index contributed by atoms with van der Waals surface area (Å²) in [5.41, 5.74) is 2.40. The van der Waals surface area contributed by atoms with Crippen molar-refractivity contribution in [2.24, 2.45) is 5.92 Å². The lowest BCUT2D eigenvalue weighted by atomic mass is 9.92. The largest absolute Gasteiger partial charge is 0.503 e. The molecule has 0 fully saturated rings. The minimum atomic E-state index is -0.702. The highest BCUT2D eigenvalue weighted by Gasteiger charge is 2.44. The smallest absolute Gasteiger partial charge is 0.294 e. The number of amides is 1. The maximum absolute atomic E-state index is 12.9. The third-order valence-electron chi connectivity index (χ3n) is 4.64. The Hall–Kier alpha value is -3.15. The van der Waals surface area contributed by atoms with Crippen molar-refractivity contribution < 1.29 is 14.7 Å². The molecule has 27 heavy (non-hydrogen) atoms.